The number of amides is 1. The Bertz CT molecular complexity index is 345. The first-order valence-corrected chi connectivity index (χ1v) is 4.97. The van der Waals surface area contributed by atoms with Gasteiger partial charge in [0.2, 0.25) is 5.91 Å². The fourth-order valence-electron chi connectivity index (χ4n) is 2.14. The highest BCUT2D eigenvalue weighted by atomic mass is 16.2. The maximum atomic E-state index is 11.4. The van der Waals surface area contributed by atoms with Gasteiger partial charge in [0, 0.05) is 13.5 Å². The Morgan fingerprint density at radius 1 is 1.71 bits per heavy atom. The molecule has 0 spiro atoms. The molecule has 1 N–H and O–H groups in total. The van der Waals surface area contributed by atoms with Gasteiger partial charge in [-0.25, -0.2) is 0 Å². The maximum Gasteiger partial charge on any atom is 0.220 e. The van der Waals surface area contributed by atoms with Crippen molar-refractivity contribution < 1.29 is 4.79 Å². The quantitative estimate of drug-likeness (QED) is 0.733. The van der Waals surface area contributed by atoms with Gasteiger partial charge in [-0.15, -0.1) is 0 Å². The molecule has 4 nitrogen and oxygen atoms in total. The van der Waals surface area contributed by atoms with Gasteiger partial charge < -0.3 is 4.90 Å². The number of aryl methyl sites for hydroxylation is 1. The predicted molar refractivity (Wildman–Crippen MR) is 52.7 cm³/mol. The molecular weight excluding hydrogens is 178 g/mol. The summed E-state index contributed by atoms with van der Waals surface area (Å²) in [5.74, 6) is 0.154. The van der Waals surface area contributed by atoms with Gasteiger partial charge in [0.05, 0.1) is 17.9 Å². The van der Waals surface area contributed by atoms with Crippen LogP contribution in [0.1, 0.15) is 37.1 Å². The molecule has 1 atom stereocenters. The van der Waals surface area contributed by atoms with E-state index in [0.717, 1.165) is 30.6 Å². The van der Waals surface area contributed by atoms with E-state index in [1.165, 1.54) is 0 Å². The van der Waals surface area contributed by atoms with Gasteiger partial charge in [0.1, 0.15) is 0 Å². The Kier molecular flexibility index (Phi) is 2.27. The van der Waals surface area contributed by atoms with Crippen molar-refractivity contribution in [1.82, 2.24) is 15.1 Å². The van der Waals surface area contributed by atoms with Crippen LogP contribution in [-0.4, -0.2) is 27.5 Å². The molecule has 1 aliphatic rings. The summed E-state index contributed by atoms with van der Waals surface area (Å²) in [6.45, 7) is 4.53. The van der Waals surface area contributed by atoms with Gasteiger partial charge in [-0.1, -0.05) is 0 Å². The molecule has 0 aromatic carbocycles. The Morgan fingerprint density at radius 3 is 3.07 bits per heavy atom. The second kappa shape index (κ2) is 3.44. The SMILES string of the molecule is CC(=O)N1CCC[C@H]1c1[nH]ncc1C. The van der Waals surface area contributed by atoms with Gasteiger partial charge in [0.15, 0.2) is 0 Å². The molecule has 2 heterocycles. The van der Waals surface area contributed by atoms with Crippen molar-refractivity contribution >= 4 is 5.91 Å². The van der Waals surface area contributed by atoms with Gasteiger partial charge in [-0.3, -0.25) is 9.89 Å². The van der Waals surface area contributed by atoms with Crippen LogP contribution < -0.4 is 0 Å². The summed E-state index contributed by atoms with van der Waals surface area (Å²) >= 11 is 0. The molecule has 1 aliphatic heterocycles. The summed E-state index contributed by atoms with van der Waals surface area (Å²) in [6, 6.07) is 0.218. The standard InChI is InChI=1S/C10H15N3O/c1-7-6-11-12-10(7)9-4-3-5-13(9)8(2)14/h6,9H,3-5H2,1-2H3,(H,11,12)/t9-/m0/s1. The number of hydrogen-bond donors (Lipinski definition) is 1. The lowest BCUT2D eigenvalue weighted by Crippen LogP contribution is -2.28. The normalized spacial score (nSPS) is 21.6. The molecule has 1 aromatic heterocycles. The fourth-order valence-corrected chi connectivity index (χ4v) is 2.14. The first-order chi connectivity index (χ1) is 6.70. The van der Waals surface area contributed by atoms with Crippen LogP contribution in [0.25, 0.3) is 0 Å². The zero-order chi connectivity index (χ0) is 10.1. The number of aromatic nitrogens is 2. The van der Waals surface area contributed by atoms with E-state index in [1.54, 1.807) is 6.92 Å². The van der Waals surface area contributed by atoms with Crippen molar-refractivity contribution in [2.75, 3.05) is 6.54 Å². The largest absolute Gasteiger partial charge is 0.334 e. The Morgan fingerprint density at radius 2 is 2.50 bits per heavy atom. The Hall–Kier alpha value is -1.32. The van der Waals surface area contributed by atoms with E-state index < -0.39 is 0 Å². The summed E-state index contributed by atoms with van der Waals surface area (Å²) in [4.78, 5) is 13.3. The number of aromatic amines is 1. The molecule has 0 radical (unpaired) electrons. The zero-order valence-corrected chi connectivity index (χ0v) is 8.58. The number of likely N-dealkylation sites (tertiary alicyclic amines) is 1. The molecule has 1 aromatic rings. The minimum atomic E-state index is 0.154. The van der Waals surface area contributed by atoms with Gasteiger partial charge in [-0.05, 0) is 25.3 Å². The molecule has 1 saturated heterocycles. The molecule has 14 heavy (non-hydrogen) atoms. The van der Waals surface area contributed by atoms with E-state index >= 15 is 0 Å². The van der Waals surface area contributed by atoms with E-state index in [2.05, 4.69) is 10.2 Å². The van der Waals surface area contributed by atoms with Crippen molar-refractivity contribution in [3.05, 3.63) is 17.5 Å². The van der Waals surface area contributed by atoms with Crippen LogP contribution in [0.4, 0.5) is 0 Å². The number of carbonyl (C=O) groups is 1. The smallest absolute Gasteiger partial charge is 0.220 e. The summed E-state index contributed by atoms with van der Waals surface area (Å²) in [5.41, 5.74) is 2.24. The first-order valence-electron chi connectivity index (χ1n) is 4.97. The van der Waals surface area contributed by atoms with Crippen LogP contribution in [0.2, 0.25) is 0 Å². The second-order valence-corrected chi connectivity index (χ2v) is 3.84. The summed E-state index contributed by atoms with van der Waals surface area (Å²) in [5, 5.41) is 6.99. The number of H-pyrrole nitrogens is 1. The predicted octanol–water partition coefficient (Wildman–Crippen LogP) is 1.40. The monoisotopic (exact) mass is 193 g/mol. The van der Waals surface area contributed by atoms with Crippen molar-refractivity contribution in [3.63, 3.8) is 0 Å². The molecule has 76 valence electrons. The third kappa shape index (κ3) is 1.41. The molecule has 0 unspecified atom stereocenters. The number of carbonyl (C=O) groups excluding carboxylic acids is 1. The molecule has 1 fully saturated rings. The van der Waals surface area contributed by atoms with E-state index in [4.69, 9.17) is 0 Å². The second-order valence-electron chi connectivity index (χ2n) is 3.84. The minimum absolute atomic E-state index is 0.154. The van der Waals surface area contributed by atoms with Crippen molar-refractivity contribution in [2.24, 2.45) is 0 Å². The van der Waals surface area contributed by atoms with Crippen LogP contribution in [-0.2, 0) is 4.79 Å². The lowest BCUT2D eigenvalue weighted by molar-refractivity contribution is -0.129. The number of nitrogens with one attached hydrogen (secondary N) is 1. The highest BCUT2D eigenvalue weighted by Crippen LogP contribution is 2.31. The zero-order valence-electron chi connectivity index (χ0n) is 8.58. The van der Waals surface area contributed by atoms with Crippen molar-refractivity contribution in [3.8, 4) is 0 Å². The lowest BCUT2D eigenvalue weighted by Gasteiger charge is -2.22. The first kappa shape index (κ1) is 9.24. The van der Waals surface area contributed by atoms with E-state index in [9.17, 15) is 4.79 Å². The van der Waals surface area contributed by atoms with Gasteiger partial charge in [-0.2, -0.15) is 5.10 Å². The topological polar surface area (TPSA) is 49.0 Å². The molecule has 2 rings (SSSR count). The molecule has 0 bridgehead atoms. The average molecular weight is 193 g/mol. The Labute approximate surface area is 83.3 Å². The van der Waals surface area contributed by atoms with E-state index in [1.807, 2.05) is 18.0 Å². The highest BCUT2D eigenvalue weighted by Gasteiger charge is 2.29. The van der Waals surface area contributed by atoms with Crippen molar-refractivity contribution in [1.29, 1.82) is 0 Å². The fraction of sp³-hybridized carbons (Fsp3) is 0.600. The number of nitrogens with zero attached hydrogens (tertiary/aromatic N) is 2. The molecule has 1 amide bonds. The molecular formula is C10H15N3O. The van der Waals surface area contributed by atoms with Crippen LogP contribution in [0.15, 0.2) is 6.20 Å². The third-order valence-corrected chi connectivity index (χ3v) is 2.86. The molecule has 0 aliphatic carbocycles. The van der Waals surface area contributed by atoms with Crippen molar-refractivity contribution in [2.45, 2.75) is 32.7 Å². The highest BCUT2D eigenvalue weighted by molar-refractivity contribution is 5.74. The van der Waals surface area contributed by atoms with Gasteiger partial charge in [0.25, 0.3) is 0 Å². The summed E-state index contributed by atoms with van der Waals surface area (Å²) < 4.78 is 0. The van der Waals surface area contributed by atoms with E-state index in [-0.39, 0.29) is 11.9 Å². The van der Waals surface area contributed by atoms with Crippen LogP contribution in [0.3, 0.4) is 0 Å². The number of rotatable bonds is 1. The average Bonchev–Trinajstić information content (AvgIpc) is 2.70. The minimum Gasteiger partial charge on any atom is -0.334 e. The van der Waals surface area contributed by atoms with Crippen LogP contribution in [0, 0.1) is 6.92 Å². The maximum absolute atomic E-state index is 11.4. The summed E-state index contributed by atoms with van der Waals surface area (Å²) in [7, 11) is 0. The number of hydrogen-bond acceptors (Lipinski definition) is 2. The van der Waals surface area contributed by atoms with E-state index in [0.29, 0.717) is 0 Å². The van der Waals surface area contributed by atoms with Crippen LogP contribution in [0.5, 0.6) is 0 Å². The summed E-state index contributed by atoms with van der Waals surface area (Å²) in [6.07, 6.45) is 3.94. The Balaban J connectivity index is 2.26. The third-order valence-electron chi connectivity index (χ3n) is 2.86. The molecule has 0 saturated carbocycles. The molecule has 4 heteroatoms. The lowest BCUT2D eigenvalue weighted by atomic mass is 10.1. The van der Waals surface area contributed by atoms with Gasteiger partial charge >= 0.3 is 0 Å². The van der Waals surface area contributed by atoms with Crippen LogP contribution >= 0.6 is 0 Å².